The van der Waals surface area contributed by atoms with E-state index in [0.29, 0.717) is 30.0 Å². The first-order chi connectivity index (χ1) is 7.70. The summed E-state index contributed by atoms with van der Waals surface area (Å²) in [7, 11) is 1.57. The average Bonchev–Trinajstić information content (AvgIpc) is 2.84. The minimum absolute atomic E-state index is 0.305. The van der Waals surface area contributed by atoms with Crippen molar-refractivity contribution in [1.29, 1.82) is 0 Å². The Morgan fingerprint density at radius 1 is 1.31 bits per heavy atom. The Labute approximate surface area is 92.6 Å². The molecule has 2 rings (SSSR count). The number of hydrogen-bond acceptors (Lipinski definition) is 6. The first-order valence-corrected chi connectivity index (χ1v) is 4.99. The summed E-state index contributed by atoms with van der Waals surface area (Å²) in [4.78, 5) is 4.11. The van der Waals surface area contributed by atoms with Gasteiger partial charge in [-0.2, -0.15) is 4.98 Å². The first-order valence-electron chi connectivity index (χ1n) is 4.99. The van der Waals surface area contributed by atoms with Crippen LogP contribution in [0.3, 0.4) is 0 Å². The lowest BCUT2D eigenvalue weighted by Gasteiger charge is -1.92. The molecule has 0 saturated carbocycles. The third-order valence-corrected chi connectivity index (χ3v) is 2.07. The van der Waals surface area contributed by atoms with Crippen molar-refractivity contribution in [3.63, 3.8) is 0 Å². The second kappa shape index (κ2) is 4.44. The van der Waals surface area contributed by atoms with E-state index in [9.17, 15) is 0 Å². The van der Waals surface area contributed by atoms with Crippen LogP contribution in [-0.4, -0.2) is 22.4 Å². The minimum atomic E-state index is 0.305. The molecule has 0 saturated heterocycles. The molecular formula is C10H13N3O3. The van der Waals surface area contributed by atoms with Crippen LogP contribution in [0.25, 0.3) is 11.7 Å². The average molecular weight is 223 g/mol. The van der Waals surface area contributed by atoms with Crippen molar-refractivity contribution in [3.05, 3.63) is 17.6 Å². The number of nitrogens with zero attached hydrogens (tertiary/aromatic N) is 3. The van der Waals surface area contributed by atoms with Crippen molar-refractivity contribution in [2.75, 3.05) is 7.11 Å². The smallest absolute Gasteiger partial charge is 0.296 e. The van der Waals surface area contributed by atoms with Gasteiger partial charge in [0.25, 0.3) is 5.89 Å². The molecule has 16 heavy (non-hydrogen) atoms. The molecule has 6 nitrogen and oxygen atoms in total. The molecule has 0 bridgehead atoms. The quantitative estimate of drug-likeness (QED) is 0.789. The molecule has 0 fully saturated rings. The second-order valence-corrected chi connectivity index (χ2v) is 3.72. The number of ether oxygens (including phenoxy) is 1. The fourth-order valence-electron chi connectivity index (χ4n) is 1.20. The fourth-order valence-corrected chi connectivity index (χ4v) is 1.20. The molecule has 0 aliphatic heterocycles. The predicted octanol–water partition coefficient (Wildman–Crippen LogP) is 1.99. The zero-order chi connectivity index (χ0) is 11.5. The predicted molar refractivity (Wildman–Crippen MR) is 54.6 cm³/mol. The summed E-state index contributed by atoms with van der Waals surface area (Å²) in [5.41, 5.74) is 0.862. The largest absolute Gasteiger partial charge is 0.377 e. The molecule has 86 valence electrons. The summed E-state index contributed by atoms with van der Waals surface area (Å²) in [6.07, 6.45) is 0. The highest BCUT2D eigenvalue weighted by molar-refractivity contribution is 5.44. The SMILES string of the molecule is COCc1noc(-c2cc(C(C)C)no2)n1. The maximum absolute atomic E-state index is 5.12. The number of hydrogen-bond donors (Lipinski definition) is 0. The van der Waals surface area contributed by atoms with E-state index in [0.717, 1.165) is 5.69 Å². The lowest BCUT2D eigenvalue weighted by molar-refractivity contribution is 0.174. The Bertz CT molecular complexity index is 461. The fraction of sp³-hybridized carbons (Fsp3) is 0.500. The molecule has 6 heteroatoms. The van der Waals surface area contributed by atoms with Crippen LogP contribution in [0.4, 0.5) is 0 Å². The summed E-state index contributed by atoms with van der Waals surface area (Å²) < 4.78 is 15.0. The Morgan fingerprint density at radius 2 is 2.12 bits per heavy atom. The van der Waals surface area contributed by atoms with Gasteiger partial charge in [-0.15, -0.1) is 0 Å². The molecule has 0 atom stereocenters. The maximum atomic E-state index is 5.12. The normalized spacial score (nSPS) is 11.2. The Morgan fingerprint density at radius 3 is 2.75 bits per heavy atom. The van der Waals surface area contributed by atoms with Gasteiger partial charge >= 0.3 is 0 Å². The van der Waals surface area contributed by atoms with Crippen LogP contribution in [0.1, 0.15) is 31.3 Å². The summed E-state index contributed by atoms with van der Waals surface area (Å²) >= 11 is 0. The van der Waals surface area contributed by atoms with Crippen molar-refractivity contribution in [2.24, 2.45) is 0 Å². The van der Waals surface area contributed by atoms with Crippen LogP contribution in [-0.2, 0) is 11.3 Å². The van der Waals surface area contributed by atoms with Crippen molar-refractivity contribution < 1.29 is 13.8 Å². The lowest BCUT2D eigenvalue weighted by atomic mass is 10.1. The van der Waals surface area contributed by atoms with E-state index in [1.807, 2.05) is 13.8 Å². The molecule has 0 unspecified atom stereocenters. The maximum Gasteiger partial charge on any atom is 0.296 e. The van der Waals surface area contributed by atoms with Gasteiger partial charge < -0.3 is 13.8 Å². The Kier molecular flexibility index (Phi) is 3.00. The van der Waals surface area contributed by atoms with Crippen LogP contribution in [0, 0.1) is 0 Å². The van der Waals surface area contributed by atoms with E-state index in [1.165, 1.54) is 0 Å². The molecule has 0 amide bonds. The molecule has 0 aliphatic carbocycles. The third kappa shape index (κ3) is 2.11. The zero-order valence-electron chi connectivity index (χ0n) is 9.43. The molecule has 2 heterocycles. The van der Waals surface area contributed by atoms with Gasteiger partial charge in [-0.1, -0.05) is 24.2 Å². The van der Waals surface area contributed by atoms with Gasteiger partial charge in [-0.25, -0.2) is 0 Å². The van der Waals surface area contributed by atoms with Crippen LogP contribution >= 0.6 is 0 Å². The molecule has 2 aromatic heterocycles. The number of rotatable bonds is 4. The van der Waals surface area contributed by atoms with Gasteiger partial charge in [0.15, 0.2) is 5.82 Å². The highest BCUT2D eigenvalue weighted by atomic mass is 16.5. The van der Waals surface area contributed by atoms with Crippen LogP contribution in [0.5, 0.6) is 0 Å². The molecule has 0 aliphatic rings. The van der Waals surface area contributed by atoms with Gasteiger partial charge in [0.1, 0.15) is 6.61 Å². The molecule has 2 aromatic rings. The van der Waals surface area contributed by atoms with Crippen LogP contribution < -0.4 is 0 Å². The molecular weight excluding hydrogens is 210 g/mol. The van der Waals surface area contributed by atoms with Gasteiger partial charge in [0, 0.05) is 13.2 Å². The van der Waals surface area contributed by atoms with E-state index in [1.54, 1.807) is 13.2 Å². The van der Waals surface area contributed by atoms with Gasteiger partial charge in [0.05, 0.1) is 5.69 Å². The van der Waals surface area contributed by atoms with Crippen LogP contribution in [0.2, 0.25) is 0 Å². The molecule has 0 aromatic carbocycles. The van der Waals surface area contributed by atoms with Crippen molar-refractivity contribution >= 4 is 0 Å². The van der Waals surface area contributed by atoms with Gasteiger partial charge in [-0.3, -0.25) is 0 Å². The third-order valence-electron chi connectivity index (χ3n) is 2.07. The van der Waals surface area contributed by atoms with Crippen LogP contribution in [0.15, 0.2) is 15.1 Å². The summed E-state index contributed by atoms with van der Waals surface area (Å²) in [6, 6.07) is 1.80. The van der Waals surface area contributed by atoms with Gasteiger partial charge in [-0.05, 0) is 5.92 Å². The van der Waals surface area contributed by atoms with E-state index in [-0.39, 0.29) is 0 Å². The molecule has 0 radical (unpaired) electrons. The summed E-state index contributed by atoms with van der Waals surface area (Å²) in [6.45, 7) is 4.38. The van der Waals surface area contributed by atoms with E-state index in [4.69, 9.17) is 13.8 Å². The molecule has 0 N–H and O–H groups in total. The van der Waals surface area contributed by atoms with Gasteiger partial charge in [0.2, 0.25) is 5.76 Å². The second-order valence-electron chi connectivity index (χ2n) is 3.72. The van der Waals surface area contributed by atoms with Crippen molar-refractivity contribution in [2.45, 2.75) is 26.4 Å². The number of aromatic nitrogens is 3. The zero-order valence-corrected chi connectivity index (χ0v) is 9.43. The summed E-state index contributed by atoms with van der Waals surface area (Å²) in [5, 5.41) is 7.65. The van der Waals surface area contributed by atoms with Crippen molar-refractivity contribution in [3.8, 4) is 11.7 Å². The highest BCUT2D eigenvalue weighted by Gasteiger charge is 2.15. The monoisotopic (exact) mass is 223 g/mol. The van der Waals surface area contributed by atoms with E-state index < -0.39 is 0 Å². The topological polar surface area (TPSA) is 74.2 Å². The lowest BCUT2D eigenvalue weighted by Crippen LogP contribution is -1.89. The number of methoxy groups -OCH3 is 1. The Balaban J connectivity index is 2.21. The Hall–Kier alpha value is -1.69. The standard InChI is InChI=1S/C10H13N3O3/c1-6(2)7-4-8(15-12-7)10-11-9(5-14-3)13-16-10/h4,6H,5H2,1-3H3. The first kappa shape index (κ1) is 10.8. The van der Waals surface area contributed by atoms with E-state index >= 15 is 0 Å². The van der Waals surface area contributed by atoms with E-state index in [2.05, 4.69) is 15.3 Å². The minimum Gasteiger partial charge on any atom is -0.377 e. The summed E-state index contributed by atoms with van der Waals surface area (Å²) in [5.74, 6) is 1.60. The molecule has 0 spiro atoms. The van der Waals surface area contributed by atoms with Crippen molar-refractivity contribution in [1.82, 2.24) is 15.3 Å². The highest BCUT2D eigenvalue weighted by Crippen LogP contribution is 2.22.